The van der Waals surface area contributed by atoms with Gasteiger partial charge in [0, 0.05) is 4.90 Å². The monoisotopic (exact) mass is 232 g/mol. The smallest absolute Gasteiger partial charge is 0.223 e. The van der Waals surface area contributed by atoms with Crippen molar-refractivity contribution in [2.75, 3.05) is 5.73 Å². The molecule has 0 fully saturated rings. The van der Waals surface area contributed by atoms with E-state index in [-0.39, 0.29) is 5.95 Å². The summed E-state index contributed by atoms with van der Waals surface area (Å²) in [5.74, 6) is 1.68. The summed E-state index contributed by atoms with van der Waals surface area (Å²) in [5, 5.41) is 0. The van der Waals surface area contributed by atoms with Gasteiger partial charge < -0.3 is 5.73 Å². The van der Waals surface area contributed by atoms with Crippen LogP contribution < -0.4 is 5.73 Å². The molecule has 0 aliphatic rings. The lowest BCUT2D eigenvalue weighted by Crippen LogP contribution is -2.00. The fourth-order valence-electron chi connectivity index (χ4n) is 1.27. The molecule has 1 aromatic carbocycles. The molecule has 0 saturated heterocycles. The molecule has 0 saturated carbocycles. The molecule has 82 valence electrons. The zero-order chi connectivity index (χ0) is 11.4. The minimum absolute atomic E-state index is 0.273. The molecule has 5 heteroatoms. The van der Waals surface area contributed by atoms with Crippen LogP contribution in [0.4, 0.5) is 5.95 Å². The van der Waals surface area contributed by atoms with Gasteiger partial charge in [0.25, 0.3) is 0 Å². The number of thioether (sulfide) groups is 1. The number of anilines is 1. The van der Waals surface area contributed by atoms with Crippen LogP contribution in [0.5, 0.6) is 0 Å². The van der Waals surface area contributed by atoms with E-state index in [9.17, 15) is 0 Å². The Hall–Kier alpha value is -1.62. The molecule has 0 radical (unpaired) electrons. The summed E-state index contributed by atoms with van der Waals surface area (Å²) in [6.45, 7) is 2.07. The Morgan fingerprint density at radius 3 is 2.94 bits per heavy atom. The molecule has 0 aliphatic carbocycles. The van der Waals surface area contributed by atoms with Crippen molar-refractivity contribution >= 4 is 17.7 Å². The van der Waals surface area contributed by atoms with Crippen LogP contribution in [0.15, 0.2) is 35.5 Å². The van der Waals surface area contributed by atoms with Crippen LogP contribution in [0.3, 0.4) is 0 Å². The second kappa shape index (κ2) is 4.94. The first-order valence-electron chi connectivity index (χ1n) is 4.87. The average Bonchev–Trinajstić information content (AvgIpc) is 2.27. The lowest BCUT2D eigenvalue weighted by Gasteiger charge is -2.01. The predicted octanol–water partition coefficient (Wildman–Crippen LogP) is 2.05. The van der Waals surface area contributed by atoms with Crippen LogP contribution in [0.1, 0.15) is 11.4 Å². The maximum Gasteiger partial charge on any atom is 0.223 e. The molecule has 0 unspecified atom stereocenters. The number of nitrogens with two attached hydrogens (primary N) is 1. The van der Waals surface area contributed by atoms with Gasteiger partial charge in [-0.25, -0.2) is 9.97 Å². The Bertz CT molecular complexity index is 441. The number of aromatic nitrogens is 3. The summed E-state index contributed by atoms with van der Waals surface area (Å²) in [6, 6.07) is 8.32. The molecule has 0 spiro atoms. The number of hydrogen-bond donors (Lipinski definition) is 1. The van der Waals surface area contributed by atoms with Crippen LogP contribution in [0, 0.1) is 6.92 Å². The van der Waals surface area contributed by atoms with Crippen molar-refractivity contribution in [2.45, 2.75) is 17.6 Å². The van der Waals surface area contributed by atoms with E-state index in [0.717, 1.165) is 0 Å². The molecule has 4 nitrogen and oxygen atoms in total. The lowest BCUT2D eigenvalue weighted by molar-refractivity contribution is 0.974. The van der Waals surface area contributed by atoms with Crippen molar-refractivity contribution in [1.82, 2.24) is 15.0 Å². The quantitative estimate of drug-likeness (QED) is 0.820. The fraction of sp³-hybridized carbons (Fsp3) is 0.182. The lowest BCUT2D eigenvalue weighted by atomic mass is 10.2. The number of hydrogen-bond acceptors (Lipinski definition) is 5. The summed E-state index contributed by atoms with van der Waals surface area (Å²) in [7, 11) is 0. The topological polar surface area (TPSA) is 64.7 Å². The Morgan fingerprint density at radius 2 is 2.19 bits per heavy atom. The summed E-state index contributed by atoms with van der Waals surface area (Å²) in [6.07, 6.45) is 1.44. The van der Waals surface area contributed by atoms with Gasteiger partial charge in [0.1, 0.15) is 12.2 Å². The average molecular weight is 232 g/mol. The zero-order valence-electron chi connectivity index (χ0n) is 8.92. The van der Waals surface area contributed by atoms with Gasteiger partial charge in [-0.3, -0.25) is 0 Å². The van der Waals surface area contributed by atoms with E-state index in [0.29, 0.717) is 11.6 Å². The molecule has 1 heterocycles. The standard InChI is InChI=1S/C11H12N4S/c1-8-3-2-4-9(5-8)16-6-10-13-7-14-11(12)15-10/h2-5,7H,6H2,1H3,(H2,12,13,14,15). The number of rotatable bonds is 3. The van der Waals surface area contributed by atoms with Crippen molar-refractivity contribution in [3.05, 3.63) is 42.0 Å². The molecule has 0 aliphatic heterocycles. The van der Waals surface area contributed by atoms with Gasteiger partial charge in [0.2, 0.25) is 5.95 Å². The molecular weight excluding hydrogens is 220 g/mol. The number of aryl methyl sites for hydroxylation is 1. The third-order valence-corrected chi connectivity index (χ3v) is 2.99. The van der Waals surface area contributed by atoms with Gasteiger partial charge in [0.15, 0.2) is 0 Å². The van der Waals surface area contributed by atoms with E-state index in [4.69, 9.17) is 5.73 Å². The van der Waals surface area contributed by atoms with E-state index in [1.54, 1.807) is 11.8 Å². The highest BCUT2D eigenvalue weighted by Gasteiger charge is 2.00. The van der Waals surface area contributed by atoms with E-state index >= 15 is 0 Å². The van der Waals surface area contributed by atoms with Crippen LogP contribution >= 0.6 is 11.8 Å². The highest BCUT2D eigenvalue weighted by molar-refractivity contribution is 7.98. The number of nitrogens with zero attached hydrogens (tertiary/aromatic N) is 3. The van der Waals surface area contributed by atoms with Gasteiger partial charge in [-0.15, -0.1) is 11.8 Å². The minimum atomic E-state index is 0.273. The molecule has 0 bridgehead atoms. The van der Waals surface area contributed by atoms with Gasteiger partial charge in [-0.2, -0.15) is 4.98 Å². The van der Waals surface area contributed by atoms with E-state index < -0.39 is 0 Å². The zero-order valence-corrected chi connectivity index (χ0v) is 9.74. The summed E-state index contributed by atoms with van der Waals surface area (Å²) in [5.41, 5.74) is 6.73. The molecule has 16 heavy (non-hydrogen) atoms. The van der Waals surface area contributed by atoms with Crippen molar-refractivity contribution in [1.29, 1.82) is 0 Å². The van der Waals surface area contributed by atoms with E-state index in [2.05, 4.69) is 40.1 Å². The molecule has 0 atom stereocenters. The van der Waals surface area contributed by atoms with Gasteiger partial charge >= 0.3 is 0 Å². The van der Waals surface area contributed by atoms with Crippen LogP contribution in [0.2, 0.25) is 0 Å². The highest BCUT2D eigenvalue weighted by Crippen LogP contribution is 2.21. The van der Waals surface area contributed by atoms with Gasteiger partial charge in [0.05, 0.1) is 5.75 Å². The molecule has 1 aromatic heterocycles. The Labute approximate surface area is 98.3 Å². The van der Waals surface area contributed by atoms with Gasteiger partial charge in [-0.1, -0.05) is 17.7 Å². The SMILES string of the molecule is Cc1cccc(SCc2ncnc(N)n2)c1. The third-order valence-electron chi connectivity index (χ3n) is 2.00. The van der Waals surface area contributed by atoms with Crippen molar-refractivity contribution in [2.24, 2.45) is 0 Å². The first-order valence-corrected chi connectivity index (χ1v) is 5.85. The van der Waals surface area contributed by atoms with Crippen molar-refractivity contribution in [3.63, 3.8) is 0 Å². The van der Waals surface area contributed by atoms with Crippen molar-refractivity contribution in [3.8, 4) is 0 Å². The maximum atomic E-state index is 5.48. The number of benzene rings is 1. The van der Waals surface area contributed by atoms with Crippen LogP contribution in [-0.2, 0) is 5.75 Å². The molecule has 2 N–H and O–H groups in total. The molecule has 2 rings (SSSR count). The summed E-state index contributed by atoms with van der Waals surface area (Å²) in [4.78, 5) is 13.1. The summed E-state index contributed by atoms with van der Waals surface area (Å²) < 4.78 is 0. The first kappa shape index (κ1) is 10.9. The largest absolute Gasteiger partial charge is 0.368 e. The Balaban J connectivity index is 2.02. The Morgan fingerprint density at radius 1 is 1.31 bits per heavy atom. The van der Waals surface area contributed by atoms with Crippen molar-refractivity contribution < 1.29 is 0 Å². The Kier molecular flexibility index (Phi) is 3.36. The second-order valence-corrected chi connectivity index (χ2v) is 4.41. The number of nitrogen functional groups attached to an aromatic ring is 1. The summed E-state index contributed by atoms with van der Waals surface area (Å²) >= 11 is 1.69. The van der Waals surface area contributed by atoms with Crippen LogP contribution in [-0.4, -0.2) is 15.0 Å². The predicted molar refractivity (Wildman–Crippen MR) is 65.0 cm³/mol. The maximum absolute atomic E-state index is 5.48. The molecular formula is C11H12N4S. The second-order valence-electron chi connectivity index (χ2n) is 3.37. The third kappa shape index (κ3) is 2.93. The normalized spacial score (nSPS) is 10.3. The van der Waals surface area contributed by atoms with E-state index in [1.807, 2.05) is 6.07 Å². The van der Waals surface area contributed by atoms with Crippen LogP contribution in [0.25, 0.3) is 0 Å². The highest BCUT2D eigenvalue weighted by atomic mass is 32.2. The van der Waals surface area contributed by atoms with Gasteiger partial charge in [-0.05, 0) is 19.1 Å². The molecule has 2 aromatic rings. The molecule has 0 amide bonds. The first-order chi connectivity index (χ1) is 7.74. The van der Waals surface area contributed by atoms with E-state index in [1.165, 1.54) is 16.8 Å². The minimum Gasteiger partial charge on any atom is -0.368 e. The fourth-order valence-corrected chi connectivity index (χ4v) is 2.15.